The minimum absolute atomic E-state index is 0.146. The molecule has 0 bridgehead atoms. The van der Waals surface area contributed by atoms with Gasteiger partial charge in [-0.05, 0) is 43.9 Å². The molecule has 2 N–H and O–H groups in total. The molecule has 1 aliphatic rings. The largest absolute Gasteiger partial charge is 0.377 e. The fourth-order valence-corrected chi connectivity index (χ4v) is 7.31. The number of nitrogens with zero attached hydrogens (tertiary/aromatic N) is 3. The van der Waals surface area contributed by atoms with Gasteiger partial charge in [-0.1, -0.05) is 36.4 Å². The van der Waals surface area contributed by atoms with Crippen molar-refractivity contribution in [3.8, 4) is 0 Å². The Kier molecular flexibility index (Phi) is 7.22. The quantitative estimate of drug-likeness (QED) is 0.333. The summed E-state index contributed by atoms with van der Waals surface area (Å²) in [5, 5.41) is 8.44. The van der Waals surface area contributed by atoms with Crippen molar-refractivity contribution < 1.29 is 8.42 Å². The van der Waals surface area contributed by atoms with Crippen molar-refractivity contribution in [1.82, 2.24) is 15.3 Å². The van der Waals surface area contributed by atoms with E-state index in [0.717, 1.165) is 53.0 Å². The molecule has 9 heteroatoms. The van der Waals surface area contributed by atoms with Crippen LogP contribution in [-0.4, -0.2) is 44.6 Å². The Balaban J connectivity index is 1.22. The van der Waals surface area contributed by atoms with Crippen molar-refractivity contribution in [2.45, 2.75) is 53.5 Å². The van der Waals surface area contributed by atoms with Crippen LogP contribution in [0.1, 0.15) is 30.6 Å². The van der Waals surface area contributed by atoms with Gasteiger partial charge >= 0.3 is 0 Å². The van der Waals surface area contributed by atoms with Crippen LogP contribution in [0.5, 0.6) is 0 Å². The highest BCUT2D eigenvalue weighted by Crippen LogP contribution is 2.30. The SMILES string of the molecule is CN(C)c1cc(NC2CCCC(NCc3cnc(S(=O)(=O)c4ccccc4)s3)C2)nc2ccccc12. The summed E-state index contributed by atoms with van der Waals surface area (Å²) in [4.78, 5) is 12.4. The molecule has 0 amide bonds. The van der Waals surface area contributed by atoms with Crippen molar-refractivity contribution in [3.63, 3.8) is 0 Å². The number of sulfone groups is 1. The van der Waals surface area contributed by atoms with Crippen LogP contribution in [-0.2, 0) is 16.4 Å². The lowest BCUT2D eigenvalue weighted by molar-refractivity contribution is 0.351. The molecule has 4 aromatic rings. The lowest BCUT2D eigenvalue weighted by atomic mass is 9.91. The normalized spacial score (nSPS) is 18.3. The number of para-hydroxylation sites is 1. The van der Waals surface area contributed by atoms with Crippen LogP contribution < -0.4 is 15.5 Å². The van der Waals surface area contributed by atoms with E-state index in [2.05, 4.69) is 52.8 Å². The minimum atomic E-state index is -3.57. The van der Waals surface area contributed by atoms with Gasteiger partial charge < -0.3 is 15.5 Å². The average Bonchev–Trinajstić information content (AvgIpc) is 3.38. The molecular weight excluding hydrogens is 490 g/mol. The van der Waals surface area contributed by atoms with Gasteiger partial charge in [0, 0.05) is 60.9 Å². The molecule has 2 aromatic heterocycles. The van der Waals surface area contributed by atoms with Crippen LogP contribution in [0.15, 0.2) is 76.1 Å². The molecule has 7 nitrogen and oxygen atoms in total. The Hall–Kier alpha value is -3.01. The van der Waals surface area contributed by atoms with Crippen molar-refractivity contribution in [2.24, 2.45) is 0 Å². The minimum Gasteiger partial charge on any atom is -0.377 e. The zero-order valence-electron chi connectivity index (χ0n) is 20.5. The van der Waals surface area contributed by atoms with E-state index in [1.807, 2.05) is 12.1 Å². The molecule has 2 aromatic carbocycles. The first-order chi connectivity index (χ1) is 17.4. The maximum atomic E-state index is 12.8. The summed E-state index contributed by atoms with van der Waals surface area (Å²) in [5.41, 5.74) is 2.14. The Bertz CT molecular complexity index is 1440. The zero-order valence-corrected chi connectivity index (χ0v) is 22.1. The molecule has 1 fully saturated rings. The summed E-state index contributed by atoms with van der Waals surface area (Å²) >= 11 is 1.24. The Labute approximate surface area is 216 Å². The van der Waals surface area contributed by atoms with E-state index in [1.165, 1.54) is 11.3 Å². The van der Waals surface area contributed by atoms with Gasteiger partial charge in [0.05, 0.1) is 10.4 Å². The average molecular weight is 522 g/mol. The van der Waals surface area contributed by atoms with Gasteiger partial charge in [-0.15, -0.1) is 11.3 Å². The van der Waals surface area contributed by atoms with Gasteiger partial charge in [-0.3, -0.25) is 0 Å². The number of benzene rings is 2. The molecule has 2 unspecified atom stereocenters. The smallest absolute Gasteiger partial charge is 0.233 e. The summed E-state index contributed by atoms with van der Waals surface area (Å²) in [7, 11) is 0.544. The molecule has 2 atom stereocenters. The first-order valence-electron chi connectivity index (χ1n) is 12.2. The van der Waals surface area contributed by atoms with Crippen LogP contribution in [0.2, 0.25) is 0 Å². The number of thiazole rings is 1. The third kappa shape index (κ3) is 5.38. The second kappa shape index (κ2) is 10.5. The number of hydrogen-bond acceptors (Lipinski definition) is 8. The summed E-state index contributed by atoms with van der Waals surface area (Å²) in [5.74, 6) is 0.904. The predicted octanol–water partition coefficient (Wildman–Crippen LogP) is 5.10. The van der Waals surface area contributed by atoms with Gasteiger partial charge in [-0.2, -0.15) is 0 Å². The van der Waals surface area contributed by atoms with Crippen LogP contribution in [0.4, 0.5) is 11.5 Å². The summed E-state index contributed by atoms with van der Waals surface area (Å²) < 4.78 is 25.8. The first kappa shape index (κ1) is 24.7. The van der Waals surface area contributed by atoms with Crippen molar-refractivity contribution in [1.29, 1.82) is 0 Å². The van der Waals surface area contributed by atoms with Crippen LogP contribution in [0.25, 0.3) is 10.9 Å². The summed E-state index contributed by atoms with van der Waals surface area (Å²) in [6, 6.07) is 19.5. The molecule has 0 spiro atoms. The molecule has 36 heavy (non-hydrogen) atoms. The van der Waals surface area contributed by atoms with Crippen molar-refractivity contribution in [2.75, 3.05) is 24.3 Å². The maximum Gasteiger partial charge on any atom is 0.233 e. The third-order valence-corrected chi connectivity index (χ3v) is 9.74. The number of fused-ring (bicyclic) bond motifs is 1. The van der Waals surface area contributed by atoms with Gasteiger partial charge in [0.25, 0.3) is 0 Å². The van der Waals surface area contributed by atoms with Gasteiger partial charge in [-0.25, -0.2) is 18.4 Å². The number of nitrogens with one attached hydrogen (secondary N) is 2. The zero-order chi connectivity index (χ0) is 25.1. The van der Waals surface area contributed by atoms with E-state index in [-0.39, 0.29) is 9.24 Å². The van der Waals surface area contributed by atoms with Gasteiger partial charge in [0.15, 0.2) is 0 Å². The third-order valence-electron chi connectivity index (χ3n) is 6.58. The molecule has 2 heterocycles. The second-order valence-electron chi connectivity index (χ2n) is 9.43. The molecule has 0 radical (unpaired) electrons. The van der Waals surface area contributed by atoms with E-state index in [0.29, 0.717) is 18.6 Å². The van der Waals surface area contributed by atoms with Crippen LogP contribution in [0.3, 0.4) is 0 Å². The lowest BCUT2D eigenvalue weighted by Gasteiger charge is -2.31. The van der Waals surface area contributed by atoms with Gasteiger partial charge in [0.2, 0.25) is 14.2 Å². The topological polar surface area (TPSA) is 87.2 Å². The molecule has 0 aliphatic heterocycles. The molecule has 5 rings (SSSR count). The predicted molar refractivity (Wildman–Crippen MR) is 147 cm³/mol. The Morgan fingerprint density at radius 2 is 1.78 bits per heavy atom. The highest BCUT2D eigenvalue weighted by molar-refractivity contribution is 7.93. The fourth-order valence-electron chi connectivity index (χ4n) is 4.76. The standard InChI is InChI=1S/C27H31N5O2S2/c1-32(2)25-16-26(31-24-14-7-6-13-23(24)25)30-20-10-8-9-19(15-20)28-17-21-18-29-27(35-21)36(33,34)22-11-4-3-5-12-22/h3-7,11-14,16,18-20,28H,8-10,15,17H2,1-2H3,(H,30,31). The molecule has 1 saturated carbocycles. The first-order valence-corrected chi connectivity index (χ1v) is 14.5. The van der Waals surface area contributed by atoms with E-state index in [9.17, 15) is 8.42 Å². The number of rotatable bonds is 8. The number of anilines is 2. The van der Waals surface area contributed by atoms with Crippen molar-refractivity contribution in [3.05, 3.63) is 71.7 Å². The fraction of sp³-hybridized carbons (Fsp3) is 0.333. The van der Waals surface area contributed by atoms with Crippen LogP contribution in [0, 0.1) is 0 Å². The van der Waals surface area contributed by atoms with Gasteiger partial charge in [0.1, 0.15) is 5.82 Å². The Morgan fingerprint density at radius 3 is 2.58 bits per heavy atom. The second-order valence-corrected chi connectivity index (χ2v) is 12.7. The summed E-state index contributed by atoms with van der Waals surface area (Å²) in [6.45, 7) is 0.609. The maximum absolute atomic E-state index is 12.8. The molecule has 1 aliphatic carbocycles. The van der Waals surface area contributed by atoms with E-state index < -0.39 is 9.84 Å². The molecule has 0 saturated heterocycles. The molecular formula is C27H31N5O2S2. The van der Waals surface area contributed by atoms with E-state index >= 15 is 0 Å². The number of hydrogen-bond donors (Lipinski definition) is 2. The molecule has 188 valence electrons. The Morgan fingerprint density at radius 1 is 1.03 bits per heavy atom. The highest BCUT2D eigenvalue weighted by Gasteiger charge is 2.24. The van der Waals surface area contributed by atoms with Crippen LogP contribution >= 0.6 is 11.3 Å². The highest BCUT2D eigenvalue weighted by atomic mass is 32.2. The van der Waals surface area contributed by atoms with E-state index in [1.54, 1.807) is 36.5 Å². The monoisotopic (exact) mass is 521 g/mol. The van der Waals surface area contributed by atoms with Crippen molar-refractivity contribution >= 4 is 43.6 Å². The number of pyridine rings is 1. The summed E-state index contributed by atoms with van der Waals surface area (Å²) in [6.07, 6.45) is 5.98. The number of aromatic nitrogens is 2. The lowest BCUT2D eigenvalue weighted by Crippen LogP contribution is -2.38. The van der Waals surface area contributed by atoms with E-state index in [4.69, 9.17) is 4.98 Å².